The van der Waals surface area contributed by atoms with Gasteiger partial charge in [-0.25, -0.2) is 31.7 Å². The number of ether oxygens (including phenoxy) is 6. The van der Waals surface area contributed by atoms with E-state index in [-0.39, 0.29) is 71.7 Å². The maximum atomic E-state index is 13.4. The molecule has 0 fully saturated rings. The summed E-state index contributed by atoms with van der Waals surface area (Å²) >= 11 is 0. The molecule has 1 aliphatic heterocycles. The Labute approximate surface area is 457 Å². The van der Waals surface area contributed by atoms with Crippen molar-refractivity contribution >= 4 is 48.5 Å². The molecule has 4 N–H and O–H groups in total. The van der Waals surface area contributed by atoms with Crippen LogP contribution in [0, 0.1) is 0 Å². The van der Waals surface area contributed by atoms with E-state index in [0.717, 1.165) is 0 Å². The smallest absolute Gasteiger partial charge is 0.275 e. The van der Waals surface area contributed by atoms with Gasteiger partial charge < -0.3 is 28.4 Å². The first-order chi connectivity index (χ1) is 39.2. The van der Waals surface area contributed by atoms with E-state index < -0.39 is 23.6 Å². The van der Waals surface area contributed by atoms with Gasteiger partial charge in [0.15, 0.2) is 0 Å². The standard InChI is InChI=1S/C58H48N12O10/c1-75-45-25-41-29-59-67-55(71)47-17-3-7-21-51(47)77-33-37-13-11-15-39(63-37)35-79-53-23-9-5-19-49(53)57(73)69-61-31-43-27-46(76-2)28-44(66-43)32-62-70-58(74)50-20-6-10-24-54(50)80-36-40-16-12-14-38(64-40)34-78-52-22-8-4-18-48(52)56(72)68-60-30-42(26-45)65-41/h3-32H,33-36H2,1-2H3,(H,67,71)(H,68,72)(H,69,73)(H,70,74). The van der Waals surface area contributed by atoms with Gasteiger partial charge in [-0.05, 0) is 72.8 Å². The van der Waals surface area contributed by atoms with Gasteiger partial charge in [-0.2, -0.15) is 20.4 Å². The van der Waals surface area contributed by atoms with Crippen molar-refractivity contribution < 1.29 is 47.6 Å². The highest BCUT2D eigenvalue weighted by molar-refractivity contribution is 5.99. The summed E-state index contributed by atoms with van der Waals surface area (Å²) in [7, 11) is 2.96. The molecule has 4 amide bonds. The fraction of sp³-hybridized carbons (Fsp3) is 0.103. The van der Waals surface area contributed by atoms with Gasteiger partial charge in [-0.3, -0.25) is 29.1 Å². The number of hydrogen-bond acceptors (Lipinski definition) is 18. The van der Waals surface area contributed by atoms with E-state index in [4.69, 9.17) is 28.4 Å². The minimum absolute atomic E-state index is 0.00171. The first-order valence-electron chi connectivity index (χ1n) is 24.4. The Balaban J connectivity index is 0.945. The van der Waals surface area contributed by atoms with Crippen molar-refractivity contribution in [2.24, 2.45) is 20.4 Å². The van der Waals surface area contributed by atoms with Crippen molar-refractivity contribution in [2.75, 3.05) is 14.2 Å². The monoisotopic (exact) mass is 1070 g/mol. The lowest BCUT2D eigenvalue weighted by atomic mass is 10.2. The Kier molecular flexibility index (Phi) is 17.8. The van der Waals surface area contributed by atoms with Crippen molar-refractivity contribution in [3.8, 4) is 34.5 Å². The molecule has 5 heterocycles. The number of carbonyl (C=O) groups is 4. The van der Waals surface area contributed by atoms with Gasteiger partial charge in [0, 0.05) is 24.3 Å². The number of methoxy groups -OCH3 is 2. The number of para-hydroxylation sites is 4. The molecule has 0 atom stereocenters. The average molecular weight is 1070 g/mol. The number of pyridine rings is 4. The Morgan fingerprint density at radius 1 is 0.338 bits per heavy atom. The van der Waals surface area contributed by atoms with Crippen LogP contribution in [-0.2, 0) is 26.4 Å². The molecule has 0 unspecified atom stereocenters. The van der Waals surface area contributed by atoms with Gasteiger partial charge in [0.2, 0.25) is 0 Å². The number of nitrogens with zero attached hydrogens (tertiary/aromatic N) is 8. The molecule has 0 saturated heterocycles. The molecule has 0 radical (unpaired) electrons. The third kappa shape index (κ3) is 14.6. The molecule has 9 rings (SSSR count). The second-order valence-electron chi connectivity index (χ2n) is 16.9. The number of amides is 4. The summed E-state index contributed by atoms with van der Waals surface area (Å²) in [6, 6.07) is 43.7. The third-order valence-corrected chi connectivity index (χ3v) is 11.4. The van der Waals surface area contributed by atoms with E-state index in [9.17, 15) is 19.2 Å². The Morgan fingerprint density at radius 2 is 0.588 bits per heavy atom. The van der Waals surface area contributed by atoms with Crippen molar-refractivity contribution in [1.82, 2.24) is 41.6 Å². The van der Waals surface area contributed by atoms with Gasteiger partial charge >= 0.3 is 0 Å². The van der Waals surface area contributed by atoms with E-state index in [1.54, 1.807) is 158 Å². The maximum absolute atomic E-state index is 13.4. The van der Waals surface area contributed by atoms with Gasteiger partial charge in [0.05, 0.1) is 107 Å². The molecule has 4 aromatic carbocycles. The molecule has 0 aliphatic carbocycles. The fourth-order valence-electron chi connectivity index (χ4n) is 7.57. The van der Waals surface area contributed by atoms with Gasteiger partial charge in [0.1, 0.15) is 60.9 Å². The zero-order chi connectivity index (χ0) is 55.5. The second-order valence-corrected chi connectivity index (χ2v) is 16.9. The van der Waals surface area contributed by atoms with Gasteiger partial charge in [0.25, 0.3) is 23.6 Å². The van der Waals surface area contributed by atoms with Crippen LogP contribution in [0.3, 0.4) is 0 Å². The number of hydrazone groups is 4. The summed E-state index contributed by atoms with van der Waals surface area (Å²) in [6.07, 6.45) is 5.31. The number of rotatable bonds is 2. The molecule has 8 bridgehead atoms. The zero-order valence-corrected chi connectivity index (χ0v) is 42.8. The van der Waals surface area contributed by atoms with Crippen LogP contribution >= 0.6 is 0 Å². The molecular weight excluding hydrogens is 1020 g/mol. The first-order valence-corrected chi connectivity index (χ1v) is 24.4. The summed E-state index contributed by atoms with van der Waals surface area (Å²) in [5.74, 6) is -0.312. The average Bonchev–Trinajstić information content (AvgIpc) is 3.49. The zero-order valence-electron chi connectivity index (χ0n) is 42.8. The molecule has 1 aliphatic rings. The lowest BCUT2D eigenvalue weighted by Crippen LogP contribution is -2.19. The Hall–Kier alpha value is -11.2. The van der Waals surface area contributed by atoms with Crippen molar-refractivity contribution in [3.05, 3.63) is 226 Å². The van der Waals surface area contributed by atoms with Crippen LogP contribution < -0.4 is 50.1 Å². The third-order valence-electron chi connectivity index (χ3n) is 11.4. The molecule has 0 spiro atoms. The molecule has 22 heteroatoms. The van der Waals surface area contributed by atoms with Crippen LogP contribution in [0.25, 0.3) is 0 Å². The van der Waals surface area contributed by atoms with Crippen LogP contribution in [0.15, 0.2) is 178 Å². The summed E-state index contributed by atoms with van der Waals surface area (Å²) in [5.41, 5.74) is 14.3. The van der Waals surface area contributed by atoms with Crippen molar-refractivity contribution in [2.45, 2.75) is 26.4 Å². The number of benzene rings is 4. The molecule has 8 aromatic rings. The predicted molar refractivity (Wildman–Crippen MR) is 293 cm³/mol. The minimum Gasteiger partial charge on any atom is -0.497 e. The number of carbonyl (C=O) groups excluding carboxylic acids is 4. The van der Waals surface area contributed by atoms with Crippen molar-refractivity contribution in [1.29, 1.82) is 0 Å². The normalized spacial score (nSPS) is 13.6. The van der Waals surface area contributed by atoms with Crippen LogP contribution in [0.1, 0.15) is 87.0 Å². The summed E-state index contributed by atoms with van der Waals surface area (Å²) in [6.45, 7) is 0.00685. The van der Waals surface area contributed by atoms with Crippen LogP contribution in [0.5, 0.6) is 34.5 Å². The molecule has 80 heavy (non-hydrogen) atoms. The topological polar surface area (TPSA) is 273 Å². The quantitative estimate of drug-likeness (QED) is 0.136. The van der Waals surface area contributed by atoms with E-state index in [1.165, 1.54) is 39.1 Å². The number of hydrogen-bond donors (Lipinski definition) is 4. The molecular formula is C58H48N12O10. The summed E-state index contributed by atoms with van der Waals surface area (Å²) < 4.78 is 35.2. The highest BCUT2D eigenvalue weighted by Gasteiger charge is 2.17. The molecule has 22 nitrogen and oxygen atoms in total. The Bertz CT molecular complexity index is 3230. The van der Waals surface area contributed by atoms with Crippen molar-refractivity contribution in [3.63, 3.8) is 0 Å². The van der Waals surface area contributed by atoms with E-state index in [0.29, 0.717) is 57.1 Å². The number of aromatic nitrogens is 4. The summed E-state index contributed by atoms with van der Waals surface area (Å²) in [4.78, 5) is 72.1. The molecule has 4 aromatic heterocycles. The van der Waals surface area contributed by atoms with E-state index in [1.807, 2.05) is 0 Å². The highest BCUT2D eigenvalue weighted by Crippen LogP contribution is 2.24. The number of fused-ring (bicyclic) bond motifs is 12. The minimum atomic E-state index is -0.557. The molecule has 0 saturated carbocycles. The first kappa shape index (κ1) is 53.7. The van der Waals surface area contributed by atoms with Crippen LogP contribution in [0.2, 0.25) is 0 Å². The largest absolute Gasteiger partial charge is 0.497 e. The van der Waals surface area contributed by atoms with Crippen LogP contribution in [-0.4, -0.2) is 82.6 Å². The fourth-order valence-corrected chi connectivity index (χ4v) is 7.57. The number of nitrogens with one attached hydrogen (secondary N) is 4. The van der Waals surface area contributed by atoms with Gasteiger partial charge in [-0.1, -0.05) is 60.7 Å². The Morgan fingerprint density at radius 3 is 0.838 bits per heavy atom. The second kappa shape index (κ2) is 26.6. The predicted octanol–water partition coefficient (Wildman–Crippen LogP) is 6.97. The SMILES string of the molecule is COc1cc2nc(c1)C=NNC(=O)c1ccccc1OCc1cccc(n1)COc1ccccc1C(=O)NN=Cc1cc(OC)cc(n1)C=NNC(=O)c1ccccc1OCc1cccc(n1)COc1ccccc1C(=O)NN=C2. The lowest BCUT2D eigenvalue weighted by molar-refractivity contribution is 0.0942. The molecule has 400 valence electrons. The maximum Gasteiger partial charge on any atom is 0.275 e. The lowest BCUT2D eigenvalue weighted by Gasteiger charge is -2.12. The van der Waals surface area contributed by atoms with Gasteiger partial charge in [-0.15, -0.1) is 0 Å². The van der Waals surface area contributed by atoms with E-state index >= 15 is 0 Å². The highest BCUT2D eigenvalue weighted by atomic mass is 16.5. The van der Waals surface area contributed by atoms with E-state index in [2.05, 4.69) is 62.0 Å². The van der Waals surface area contributed by atoms with Crippen LogP contribution in [0.4, 0.5) is 0 Å². The summed E-state index contributed by atoms with van der Waals surface area (Å²) in [5, 5.41) is 16.5.